The SMILES string of the molecule is Cn1c(CCC(=O)O)nc(-c2ccncc2)c1Br. The molecule has 0 saturated carbocycles. The Hall–Kier alpha value is -1.69. The van der Waals surface area contributed by atoms with Crippen LogP contribution in [-0.2, 0) is 18.3 Å². The molecule has 2 aromatic heterocycles. The molecule has 0 aliphatic carbocycles. The fraction of sp³-hybridized carbons (Fsp3) is 0.250. The number of carboxylic acid groups (broad SMARTS) is 1. The second kappa shape index (κ2) is 5.30. The third-order valence-corrected chi connectivity index (χ3v) is 3.54. The number of aromatic nitrogens is 3. The molecule has 2 heterocycles. The summed E-state index contributed by atoms with van der Waals surface area (Å²) in [5.41, 5.74) is 1.76. The number of rotatable bonds is 4. The predicted octanol–water partition coefficient (Wildman–Crippen LogP) is 2.26. The minimum atomic E-state index is -0.820. The smallest absolute Gasteiger partial charge is 0.303 e. The third-order valence-electron chi connectivity index (χ3n) is 2.63. The molecule has 0 amide bonds. The van der Waals surface area contributed by atoms with Gasteiger partial charge < -0.3 is 9.67 Å². The number of hydrogen-bond acceptors (Lipinski definition) is 3. The van der Waals surface area contributed by atoms with Crippen LogP contribution in [0.25, 0.3) is 11.3 Å². The lowest BCUT2D eigenvalue weighted by atomic mass is 10.2. The first kappa shape index (κ1) is 12.8. The summed E-state index contributed by atoms with van der Waals surface area (Å²) in [6, 6.07) is 3.74. The third kappa shape index (κ3) is 2.59. The predicted molar refractivity (Wildman–Crippen MR) is 70.1 cm³/mol. The summed E-state index contributed by atoms with van der Waals surface area (Å²) in [6.07, 6.45) is 3.89. The van der Waals surface area contributed by atoms with Gasteiger partial charge in [-0.25, -0.2) is 4.98 Å². The summed E-state index contributed by atoms with van der Waals surface area (Å²) in [5, 5.41) is 8.70. The molecule has 0 aromatic carbocycles. The average Bonchev–Trinajstić information content (AvgIpc) is 2.65. The van der Waals surface area contributed by atoms with Crippen molar-refractivity contribution in [2.75, 3.05) is 0 Å². The van der Waals surface area contributed by atoms with Gasteiger partial charge in [0.15, 0.2) is 0 Å². The van der Waals surface area contributed by atoms with Crippen LogP contribution in [0.15, 0.2) is 29.1 Å². The number of nitrogens with zero attached hydrogens (tertiary/aromatic N) is 3. The number of carbonyl (C=O) groups is 1. The number of aryl methyl sites for hydroxylation is 1. The van der Waals surface area contributed by atoms with Gasteiger partial charge in [0, 0.05) is 31.4 Å². The van der Waals surface area contributed by atoms with Gasteiger partial charge in [-0.2, -0.15) is 0 Å². The molecule has 6 heteroatoms. The van der Waals surface area contributed by atoms with E-state index in [0.717, 1.165) is 21.7 Å². The van der Waals surface area contributed by atoms with Gasteiger partial charge in [0.25, 0.3) is 0 Å². The molecule has 0 fully saturated rings. The summed E-state index contributed by atoms with van der Waals surface area (Å²) in [5.74, 6) is -0.0735. The molecular weight excluding hydrogens is 298 g/mol. The number of aliphatic carboxylic acids is 1. The van der Waals surface area contributed by atoms with Crippen molar-refractivity contribution in [1.29, 1.82) is 0 Å². The van der Waals surface area contributed by atoms with E-state index in [0.29, 0.717) is 6.42 Å². The largest absolute Gasteiger partial charge is 0.481 e. The number of carboxylic acids is 1. The Morgan fingerprint density at radius 3 is 2.72 bits per heavy atom. The average molecular weight is 310 g/mol. The van der Waals surface area contributed by atoms with E-state index in [1.165, 1.54) is 0 Å². The lowest BCUT2D eigenvalue weighted by molar-refractivity contribution is -0.137. The molecule has 0 aliphatic rings. The number of hydrogen-bond donors (Lipinski definition) is 1. The van der Waals surface area contributed by atoms with Gasteiger partial charge in [0.1, 0.15) is 16.1 Å². The van der Waals surface area contributed by atoms with Gasteiger partial charge in [0.2, 0.25) is 0 Å². The maximum Gasteiger partial charge on any atom is 0.303 e. The minimum absolute atomic E-state index is 0.0765. The van der Waals surface area contributed by atoms with Gasteiger partial charge in [0.05, 0.1) is 6.42 Å². The first-order valence-corrected chi connectivity index (χ1v) is 6.22. The summed E-state index contributed by atoms with van der Waals surface area (Å²) in [7, 11) is 1.86. The van der Waals surface area contributed by atoms with Crippen LogP contribution in [0, 0.1) is 0 Å². The van der Waals surface area contributed by atoms with Crippen molar-refractivity contribution in [2.45, 2.75) is 12.8 Å². The zero-order valence-corrected chi connectivity index (χ0v) is 11.4. The van der Waals surface area contributed by atoms with Gasteiger partial charge in [-0.1, -0.05) is 0 Å². The zero-order chi connectivity index (χ0) is 13.1. The van der Waals surface area contributed by atoms with E-state index in [9.17, 15) is 4.79 Å². The van der Waals surface area contributed by atoms with Crippen LogP contribution < -0.4 is 0 Å². The topological polar surface area (TPSA) is 68.0 Å². The number of imidazole rings is 1. The summed E-state index contributed by atoms with van der Waals surface area (Å²) < 4.78 is 2.70. The highest BCUT2D eigenvalue weighted by atomic mass is 79.9. The molecule has 18 heavy (non-hydrogen) atoms. The molecule has 2 aromatic rings. The lowest BCUT2D eigenvalue weighted by Gasteiger charge is -1.99. The molecule has 2 rings (SSSR count). The highest BCUT2D eigenvalue weighted by molar-refractivity contribution is 9.10. The summed E-state index contributed by atoms with van der Waals surface area (Å²) >= 11 is 3.48. The lowest BCUT2D eigenvalue weighted by Crippen LogP contribution is -2.03. The van der Waals surface area contributed by atoms with Crippen LogP contribution in [0.5, 0.6) is 0 Å². The molecule has 0 unspecified atom stereocenters. The monoisotopic (exact) mass is 309 g/mol. The molecule has 0 aliphatic heterocycles. The van der Waals surface area contributed by atoms with Crippen LogP contribution in [0.1, 0.15) is 12.2 Å². The van der Waals surface area contributed by atoms with Gasteiger partial charge in [-0.3, -0.25) is 9.78 Å². The van der Waals surface area contributed by atoms with E-state index in [4.69, 9.17) is 5.11 Å². The van der Waals surface area contributed by atoms with Crippen molar-refractivity contribution in [3.63, 3.8) is 0 Å². The van der Waals surface area contributed by atoms with Crippen LogP contribution >= 0.6 is 15.9 Å². The van der Waals surface area contributed by atoms with E-state index >= 15 is 0 Å². The Bertz CT molecular complexity index is 566. The second-order valence-electron chi connectivity index (χ2n) is 3.86. The van der Waals surface area contributed by atoms with Crippen molar-refractivity contribution >= 4 is 21.9 Å². The molecule has 0 radical (unpaired) electrons. The van der Waals surface area contributed by atoms with E-state index in [2.05, 4.69) is 25.9 Å². The first-order valence-electron chi connectivity index (χ1n) is 5.43. The van der Waals surface area contributed by atoms with Gasteiger partial charge in [-0.05, 0) is 28.1 Å². The number of halogens is 1. The zero-order valence-electron chi connectivity index (χ0n) is 9.80. The maximum absolute atomic E-state index is 10.6. The molecule has 5 nitrogen and oxygen atoms in total. The molecule has 94 valence electrons. The Labute approximate surface area is 113 Å². The molecule has 0 spiro atoms. The Balaban J connectivity index is 2.33. The van der Waals surface area contributed by atoms with Gasteiger partial charge in [-0.15, -0.1) is 0 Å². The molecule has 1 N–H and O–H groups in total. The van der Waals surface area contributed by atoms with Crippen molar-refractivity contribution < 1.29 is 9.90 Å². The Morgan fingerprint density at radius 1 is 1.44 bits per heavy atom. The molecule has 0 atom stereocenters. The fourth-order valence-electron chi connectivity index (χ4n) is 1.66. The highest BCUT2D eigenvalue weighted by Crippen LogP contribution is 2.27. The minimum Gasteiger partial charge on any atom is -0.481 e. The Kier molecular flexibility index (Phi) is 3.76. The van der Waals surface area contributed by atoms with E-state index < -0.39 is 5.97 Å². The van der Waals surface area contributed by atoms with E-state index in [-0.39, 0.29) is 6.42 Å². The van der Waals surface area contributed by atoms with Crippen molar-refractivity contribution in [2.24, 2.45) is 7.05 Å². The molecule has 0 bridgehead atoms. The standard InChI is InChI=1S/C12H12BrN3O2/c1-16-9(2-3-10(17)18)15-11(12(16)13)8-4-6-14-7-5-8/h4-7H,2-3H2,1H3,(H,17,18). The Morgan fingerprint density at radius 2 is 2.11 bits per heavy atom. The second-order valence-corrected chi connectivity index (χ2v) is 4.61. The van der Waals surface area contributed by atoms with Crippen molar-refractivity contribution in [3.05, 3.63) is 35.0 Å². The van der Waals surface area contributed by atoms with Crippen molar-refractivity contribution in [3.8, 4) is 11.3 Å². The fourth-order valence-corrected chi connectivity index (χ4v) is 2.18. The quantitative estimate of drug-likeness (QED) is 0.940. The van der Waals surface area contributed by atoms with Crippen LogP contribution in [0.3, 0.4) is 0 Å². The summed E-state index contributed by atoms with van der Waals surface area (Å²) in [4.78, 5) is 19.0. The number of pyridine rings is 1. The summed E-state index contributed by atoms with van der Waals surface area (Å²) in [6.45, 7) is 0. The first-order chi connectivity index (χ1) is 8.59. The molecule has 0 saturated heterocycles. The van der Waals surface area contributed by atoms with E-state index in [1.807, 2.05) is 23.7 Å². The van der Waals surface area contributed by atoms with Crippen LogP contribution in [0.2, 0.25) is 0 Å². The van der Waals surface area contributed by atoms with E-state index in [1.54, 1.807) is 12.4 Å². The highest BCUT2D eigenvalue weighted by Gasteiger charge is 2.14. The van der Waals surface area contributed by atoms with Gasteiger partial charge >= 0.3 is 5.97 Å². The maximum atomic E-state index is 10.6. The molecular formula is C12H12BrN3O2. The van der Waals surface area contributed by atoms with Crippen LogP contribution in [0.4, 0.5) is 0 Å². The van der Waals surface area contributed by atoms with Crippen molar-refractivity contribution in [1.82, 2.24) is 14.5 Å². The normalized spacial score (nSPS) is 10.6. The van der Waals surface area contributed by atoms with Crippen LogP contribution in [-0.4, -0.2) is 25.6 Å².